The first-order valence-electron chi connectivity index (χ1n) is 7.87. The van der Waals surface area contributed by atoms with E-state index in [0.717, 1.165) is 12.0 Å². The maximum Gasteiger partial charge on any atom is 0.242 e. The van der Waals surface area contributed by atoms with E-state index in [1.807, 2.05) is 62.9 Å². The Balaban J connectivity index is 2.71. The number of carbonyl (C=O) groups excluding carboxylic acids is 2. The lowest BCUT2D eigenvalue weighted by atomic mass is 9.96. The zero-order valence-corrected chi connectivity index (χ0v) is 14.3. The second kappa shape index (κ2) is 7.97. The van der Waals surface area contributed by atoms with Crippen LogP contribution in [-0.4, -0.2) is 29.3 Å². The first kappa shape index (κ1) is 18.2. The van der Waals surface area contributed by atoms with Gasteiger partial charge in [-0.25, -0.2) is 0 Å². The number of benzene rings is 1. The summed E-state index contributed by atoms with van der Waals surface area (Å²) in [6, 6.07) is 10.1. The SMILES string of the molecule is CCC(C)N(Cc1ccccc1)C(=O)CNC(=O)C(C)(C)C. The van der Waals surface area contributed by atoms with Crippen LogP contribution in [0.5, 0.6) is 0 Å². The minimum atomic E-state index is -0.485. The fourth-order valence-corrected chi connectivity index (χ4v) is 2.01. The lowest BCUT2D eigenvalue weighted by Gasteiger charge is -2.29. The molecule has 2 amide bonds. The minimum Gasteiger partial charge on any atom is -0.347 e. The van der Waals surface area contributed by atoms with Crippen LogP contribution in [0, 0.1) is 5.41 Å². The Labute approximate surface area is 133 Å². The first-order chi connectivity index (χ1) is 10.3. The zero-order valence-electron chi connectivity index (χ0n) is 14.3. The van der Waals surface area contributed by atoms with E-state index in [2.05, 4.69) is 12.2 Å². The summed E-state index contributed by atoms with van der Waals surface area (Å²) in [5, 5.41) is 2.74. The fourth-order valence-electron chi connectivity index (χ4n) is 2.01. The molecule has 0 radical (unpaired) electrons. The van der Waals surface area contributed by atoms with Gasteiger partial charge in [-0.15, -0.1) is 0 Å². The average Bonchev–Trinajstić information content (AvgIpc) is 2.49. The van der Waals surface area contributed by atoms with Crippen LogP contribution in [0.1, 0.15) is 46.6 Å². The fraction of sp³-hybridized carbons (Fsp3) is 0.556. The van der Waals surface area contributed by atoms with Crippen LogP contribution in [0.15, 0.2) is 30.3 Å². The molecule has 1 rings (SSSR count). The number of carbonyl (C=O) groups is 2. The molecule has 4 heteroatoms. The molecule has 4 nitrogen and oxygen atoms in total. The molecule has 22 heavy (non-hydrogen) atoms. The van der Waals surface area contributed by atoms with E-state index in [1.165, 1.54) is 0 Å². The molecule has 0 aliphatic rings. The standard InChI is InChI=1S/C18H28N2O2/c1-6-14(2)20(13-15-10-8-7-9-11-15)16(21)12-19-17(22)18(3,4)5/h7-11,14H,6,12-13H2,1-5H3,(H,19,22). The maximum absolute atomic E-state index is 12.5. The summed E-state index contributed by atoms with van der Waals surface area (Å²) in [7, 11) is 0. The van der Waals surface area contributed by atoms with Gasteiger partial charge in [-0.2, -0.15) is 0 Å². The van der Waals surface area contributed by atoms with Crippen molar-refractivity contribution in [3.63, 3.8) is 0 Å². The van der Waals surface area contributed by atoms with Crippen LogP contribution in [0.2, 0.25) is 0 Å². The second-order valence-corrected chi connectivity index (χ2v) is 6.70. The van der Waals surface area contributed by atoms with E-state index in [1.54, 1.807) is 0 Å². The zero-order chi connectivity index (χ0) is 16.8. The number of hydrogen-bond donors (Lipinski definition) is 1. The Morgan fingerprint density at radius 1 is 1.18 bits per heavy atom. The van der Waals surface area contributed by atoms with Crippen LogP contribution in [0.25, 0.3) is 0 Å². The number of rotatable bonds is 6. The van der Waals surface area contributed by atoms with Gasteiger partial charge < -0.3 is 10.2 Å². The molecular weight excluding hydrogens is 276 g/mol. The topological polar surface area (TPSA) is 49.4 Å². The molecule has 0 fully saturated rings. The maximum atomic E-state index is 12.5. The van der Waals surface area contributed by atoms with Crippen molar-refractivity contribution in [1.82, 2.24) is 10.2 Å². The highest BCUT2D eigenvalue weighted by molar-refractivity contribution is 5.87. The van der Waals surface area contributed by atoms with E-state index in [-0.39, 0.29) is 24.4 Å². The summed E-state index contributed by atoms with van der Waals surface area (Å²) in [4.78, 5) is 26.2. The second-order valence-electron chi connectivity index (χ2n) is 6.70. The molecule has 0 saturated heterocycles. The Morgan fingerprint density at radius 2 is 1.77 bits per heavy atom. The molecule has 122 valence electrons. The van der Waals surface area contributed by atoms with Gasteiger partial charge in [0.25, 0.3) is 0 Å². The third-order valence-electron chi connectivity index (χ3n) is 3.72. The van der Waals surface area contributed by atoms with E-state index in [4.69, 9.17) is 0 Å². The van der Waals surface area contributed by atoms with Gasteiger partial charge in [0, 0.05) is 18.0 Å². The van der Waals surface area contributed by atoms with Gasteiger partial charge in [-0.05, 0) is 18.9 Å². The molecule has 0 spiro atoms. The molecule has 1 atom stereocenters. The van der Waals surface area contributed by atoms with Gasteiger partial charge in [0.05, 0.1) is 6.54 Å². The van der Waals surface area contributed by atoms with Gasteiger partial charge in [0.15, 0.2) is 0 Å². The number of hydrogen-bond acceptors (Lipinski definition) is 2. The highest BCUT2D eigenvalue weighted by atomic mass is 16.2. The average molecular weight is 304 g/mol. The van der Waals surface area contributed by atoms with Crippen LogP contribution < -0.4 is 5.32 Å². The Bertz CT molecular complexity index is 492. The molecule has 0 aliphatic heterocycles. The molecule has 0 bridgehead atoms. The number of nitrogens with one attached hydrogen (secondary N) is 1. The van der Waals surface area contributed by atoms with Crippen molar-refractivity contribution in [2.45, 2.75) is 53.6 Å². The normalized spacial score (nSPS) is 12.6. The highest BCUT2D eigenvalue weighted by Gasteiger charge is 2.24. The van der Waals surface area contributed by atoms with E-state index >= 15 is 0 Å². The van der Waals surface area contributed by atoms with Crippen molar-refractivity contribution >= 4 is 11.8 Å². The van der Waals surface area contributed by atoms with Gasteiger partial charge in [0.1, 0.15) is 0 Å². The summed E-state index contributed by atoms with van der Waals surface area (Å²) in [5.74, 6) is -0.152. The largest absolute Gasteiger partial charge is 0.347 e. The van der Waals surface area contributed by atoms with Gasteiger partial charge in [-0.3, -0.25) is 9.59 Å². The van der Waals surface area contributed by atoms with E-state index in [0.29, 0.717) is 6.54 Å². The Hall–Kier alpha value is -1.84. The van der Waals surface area contributed by atoms with Crippen molar-refractivity contribution in [2.75, 3.05) is 6.54 Å². The third kappa shape index (κ3) is 5.51. The number of nitrogens with zero attached hydrogens (tertiary/aromatic N) is 1. The van der Waals surface area contributed by atoms with Crippen LogP contribution in [0.3, 0.4) is 0 Å². The van der Waals surface area contributed by atoms with Gasteiger partial charge in [-0.1, -0.05) is 58.0 Å². The summed E-state index contributed by atoms with van der Waals surface area (Å²) in [5.41, 5.74) is 0.610. The van der Waals surface area contributed by atoms with Crippen LogP contribution in [-0.2, 0) is 16.1 Å². The van der Waals surface area contributed by atoms with Crippen LogP contribution in [0.4, 0.5) is 0 Å². The summed E-state index contributed by atoms with van der Waals surface area (Å²) in [6.45, 7) is 10.2. The molecule has 1 aromatic carbocycles. The van der Waals surface area contributed by atoms with Gasteiger partial charge >= 0.3 is 0 Å². The van der Waals surface area contributed by atoms with E-state index in [9.17, 15) is 9.59 Å². The first-order valence-corrected chi connectivity index (χ1v) is 7.87. The van der Waals surface area contributed by atoms with Crippen molar-refractivity contribution in [3.05, 3.63) is 35.9 Å². The van der Waals surface area contributed by atoms with Gasteiger partial charge in [0.2, 0.25) is 11.8 Å². The van der Waals surface area contributed by atoms with Crippen molar-refractivity contribution in [3.8, 4) is 0 Å². The Kier molecular flexibility index (Phi) is 6.60. The molecule has 1 N–H and O–H groups in total. The highest BCUT2D eigenvalue weighted by Crippen LogP contribution is 2.13. The lowest BCUT2D eigenvalue weighted by molar-refractivity contribution is -0.137. The molecular formula is C18H28N2O2. The molecule has 0 aliphatic carbocycles. The smallest absolute Gasteiger partial charge is 0.242 e. The summed E-state index contributed by atoms with van der Waals surface area (Å²) >= 11 is 0. The van der Waals surface area contributed by atoms with Crippen molar-refractivity contribution in [2.24, 2.45) is 5.41 Å². The Morgan fingerprint density at radius 3 is 2.27 bits per heavy atom. The van der Waals surface area contributed by atoms with Crippen molar-refractivity contribution < 1.29 is 9.59 Å². The van der Waals surface area contributed by atoms with E-state index < -0.39 is 5.41 Å². The third-order valence-corrected chi connectivity index (χ3v) is 3.72. The van der Waals surface area contributed by atoms with Crippen molar-refractivity contribution in [1.29, 1.82) is 0 Å². The summed E-state index contributed by atoms with van der Waals surface area (Å²) in [6.07, 6.45) is 0.881. The molecule has 0 heterocycles. The predicted molar refractivity (Wildman–Crippen MR) is 89.2 cm³/mol. The molecule has 0 aromatic heterocycles. The quantitative estimate of drug-likeness (QED) is 0.878. The monoisotopic (exact) mass is 304 g/mol. The molecule has 1 unspecified atom stereocenters. The predicted octanol–water partition coefficient (Wildman–Crippen LogP) is 2.98. The summed E-state index contributed by atoms with van der Waals surface area (Å²) < 4.78 is 0. The molecule has 1 aromatic rings. The minimum absolute atomic E-state index is 0.0456. The van der Waals surface area contributed by atoms with Crippen LogP contribution >= 0.6 is 0 Å². The molecule has 0 saturated carbocycles. The number of amides is 2. The lowest BCUT2D eigenvalue weighted by Crippen LogP contribution is -2.46.